The van der Waals surface area contributed by atoms with Crippen LogP contribution < -0.4 is 15.9 Å². The van der Waals surface area contributed by atoms with Gasteiger partial charge in [-0.1, -0.05) is 133 Å². The number of benzene rings is 6. The van der Waals surface area contributed by atoms with E-state index in [-0.39, 0.29) is 11.6 Å². The van der Waals surface area contributed by atoms with Crippen LogP contribution in [0.3, 0.4) is 0 Å². The molecule has 0 atom stereocenters. The molecule has 0 unspecified atom stereocenters. The number of halogens is 2. The van der Waals surface area contributed by atoms with Gasteiger partial charge in [-0.05, 0) is 87.6 Å². The normalized spacial score (nSPS) is 11.5. The Morgan fingerprint density at radius 2 is 1.05 bits per heavy atom. The lowest BCUT2D eigenvalue weighted by Gasteiger charge is -2.24. The van der Waals surface area contributed by atoms with Crippen LogP contribution in [0.1, 0.15) is 16.7 Å². The Balaban J connectivity index is 1.59. The standard InChI is InChI=1S/C38H27F2P/c39-30-15-11-13-28(25-30)26-37(29-14-12-16-31(40)27-29)35-22-8-7-21-34(35)36-23-9-10-24-38(36)41(32-17-3-1-4-18-32)33-19-5-2-6-20-33/h1-27H/b37-26+. The van der Waals surface area contributed by atoms with Crippen LogP contribution in [0.15, 0.2) is 158 Å². The van der Waals surface area contributed by atoms with E-state index in [1.54, 1.807) is 12.1 Å². The molecule has 0 aliphatic heterocycles. The van der Waals surface area contributed by atoms with E-state index in [1.807, 2.05) is 42.5 Å². The smallest absolute Gasteiger partial charge is 0.123 e. The second-order valence-electron chi connectivity index (χ2n) is 9.69. The van der Waals surface area contributed by atoms with E-state index >= 15 is 0 Å². The summed E-state index contributed by atoms with van der Waals surface area (Å²) >= 11 is 0. The van der Waals surface area contributed by atoms with Crippen LogP contribution >= 0.6 is 7.92 Å². The summed E-state index contributed by atoms with van der Waals surface area (Å²) in [4.78, 5) is 0. The van der Waals surface area contributed by atoms with Crippen LogP contribution in [0.4, 0.5) is 8.78 Å². The molecule has 6 aromatic carbocycles. The largest absolute Gasteiger partial charge is 0.207 e. The fraction of sp³-hybridized carbons (Fsp3) is 0. The highest BCUT2D eigenvalue weighted by molar-refractivity contribution is 7.80. The average Bonchev–Trinajstić information content (AvgIpc) is 3.01. The molecule has 198 valence electrons. The monoisotopic (exact) mass is 552 g/mol. The maximum absolute atomic E-state index is 14.5. The highest BCUT2D eigenvalue weighted by Crippen LogP contribution is 2.40. The first-order chi connectivity index (χ1) is 20.2. The summed E-state index contributed by atoms with van der Waals surface area (Å²) in [6.07, 6.45) is 1.94. The molecule has 3 heteroatoms. The third kappa shape index (κ3) is 5.94. The van der Waals surface area contributed by atoms with Gasteiger partial charge in [0.2, 0.25) is 0 Å². The zero-order chi connectivity index (χ0) is 28.0. The molecule has 0 saturated carbocycles. The molecule has 0 heterocycles. The summed E-state index contributed by atoms with van der Waals surface area (Å²) in [5.74, 6) is -0.630. The summed E-state index contributed by atoms with van der Waals surface area (Å²) in [5, 5.41) is 3.76. The summed E-state index contributed by atoms with van der Waals surface area (Å²) in [7, 11) is -0.863. The summed E-state index contributed by atoms with van der Waals surface area (Å²) < 4.78 is 28.7. The molecule has 0 aromatic heterocycles. The SMILES string of the molecule is Fc1cccc(/C=C(\c2cccc(F)c2)c2ccccc2-c2ccccc2P(c2ccccc2)c2ccccc2)c1. The lowest BCUT2D eigenvalue weighted by molar-refractivity contribution is 0.627. The quantitative estimate of drug-likeness (QED) is 0.137. The molecule has 0 fully saturated rings. The minimum atomic E-state index is -0.863. The van der Waals surface area contributed by atoms with Crippen LogP contribution in [0.5, 0.6) is 0 Å². The highest BCUT2D eigenvalue weighted by Gasteiger charge is 2.22. The van der Waals surface area contributed by atoms with Crippen molar-refractivity contribution in [2.24, 2.45) is 0 Å². The first-order valence-electron chi connectivity index (χ1n) is 13.5. The van der Waals surface area contributed by atoms with Crippen molar-refractivity contribution in [3.63, 3.8) is 0 Å². The zero-order valence-corrected chi connectivity index (χ0v) is 23.2. The second kappa shape index (κ2) is 12.3. The van der Waals surface area contributed by atoms with Gasteiger partial charge in [-0.2, -0.15) is 0 Å². The van der Waals surface area contributed by atoms with Gasteiger partial charge in [0.25, 0.3) is 0 Å². The summed E-state index contributed by atoms with van der Waals surface area (Å²) in [6.45, 7) is 0. The van der Waals surface area contributed by atoms with Crippen molar-refractivity contribution >= 4 is 35.5 Å². The number of hydrogen-bond acceptors (Lipinski definition) is 0. The van der Waals surface area contributed by atoms with Crippen LogP contribution in [0.25, 0.3) is 22.8 Å². The number of hydrogen-bond donors (Lipinski definition) is 0. The van der Waals surface area contributed by atoms with Gasteiger partial charge in [0.05, 0.1) is 0 Å². The summed E-state index contributed by atoms with van der Waals surface area (Å²) in [6, 6.07) is 51.1. The van der Waals surface area contributed by atoms with E-state index in [2.05, 4.69) is 84.9 Å². The first-order valence-corrected chi connectivity index (χ1v) is 14.8. The Hall–Kier alpha value is -4.65. The van der Waals surface area contributed by atoms with Crippen molar-refractivity contribution in [2.75, 3.05) is 0 Å². The van der Waals surface area contributed by atoms with E-state index in [4.69, 9.17) is 0 Å². The molecule has 0 N–H and O–H groups in total. The molecule has 0 amide bonds. The van der Waals surface area contributed by atoms with E-state index in [1.165, 1.54) is 40.2 Å². The minimum Gasteiger partial charge on any atom is -0.207 e. The molecule has 0 saturated heterocycles. The Morgan fingerprint density at radius 1 is 0.488 bits per heavy atom. The molecular weight excluding hydrogens is 525 g/mol. The van der Waals surface area contributed by atoms with Crippen LogP contribution in [0, 0.1) is 11.6 Å². The Labute approximate surface area is 241 Å². The minimum absolute atomic E-state index is 0.313. The van der Waals surface area contributed by atoms with Crippen molar-refractivity contribution in [2.45, 2.75) is 0 Å². The highest BCUT2D eigenvalue weighted by atomic mass is 31.1. The van der Waals surface area contributed by atoms with Crippen LogP contribution in [-0.2, 0) is 0 Å². The van der Waals surface area contributed by atoms with Gasteiger partial charge >= 0.3 is 0 Å². The van der Waals surface area contributed by atoms with Crippen molar-refractivity contribution in [1.29, 1.82) is 0 Å². The lowest BCUT2D eigenvalue weighted by Crippen LogP contribution is -2.22. The van der Waals surface area contributed by atoms with Crippen molar-refractivity contribution in [3.05, 3.63) is 186 Å². The predicted molar refractivity (Wildman–Crippen MR) is 170 cm³/mol. The second-order valence-corrected chi connectivity index (χ2v) is 11.9. The van der Waals surface area contributed by atoms with Gasteiger partial charge in [0.15, 0.2) is 0 Å². The third-order valence-corrected chi connectivity index (χ3v) is 9.48. The van der Waals surface area contributed by atoms with Crippen molar-refractivity contribution < 1.29 is 8.78 Å². The van der Waals surface area contributed by atoms with Gasteiger partial charge in [0.1, 0.15) is 11.6 Å². The molecule has 0 spiro atoms. The van der Waals surface area contributed by atoms with Gasteiger partial charge < -0.3 is 0 Å². The Bertz CT molecular complexity index is 1770. The fourth-order valence-electron chi connectivity index (χ4n) is 5.17. The Morgan fingerprint density at radius 3 is 1.71 bits per heavy atom. The molecule has 41 heavy (non-hydrogen) atoms. The van der Waals surface area contributed by atoms with Crippen molar-refractivity contribution in [3.8, 4) is 11.1 Å². The molecular formula is C38H27F2P. The molecule has 0 radical (unpaired) electrons. The molecule has 0 aliphatic carbocycles. The molecule has 6 rings (SSSR count). The third-order valence-electron chi connectivity index (χ3n) is 6.98. The maximum atomic E-state index is 14.5. The molecule has 0 nitrogen and oxygen atoms in total. The molecule has 0 bridgehead atoms. The van der Waals surface area contributed by atoms with Gasteiger partial charge in [-0.15, -0.1) is 0 Å². The van der Waals surface area contributed by atoms with E-state index < -0.39 is 7.92 Å². The fourth-order valence-corrected chi connectivity index (χ4v) is 7.63. The van der Waals surface area contributed by atoms with E-state index in [9.17, 15) is 8.78 Å². The predicted octanol–water partition coefficient (Wildman–Crippen LogP) is 8.98. The van der Waals surface area contributed by atoms with Gasteiger partial charge in [-0.25, -0.2) is 8.78 Å². The number of rotatable bonds is 7. The van der Waals surface area contributed by atoms with Crippen LogP contribution in [-0.4, -0.2) is 0 Å². The average molecular weight is 553 g/mol. The van der Waals surface area contributed by atoms with E-state index in [0.29, 0.717) is 5.56 Å². The zero-order valence-electron chi connectivity index (χ0n) is 22.3. The lowest BCUT2D eigenvalue weighted by atomic mass is 9.89. The maximum Gasteiger partial charge on any atom is 0.123 e. The molecule has 6 aromatic rings. The molecule has 0 aliphatic rings. The Kier molecular flexibility index (Phi) is 7.94. The van der Waals surface area contributed by atoms with Crippen LogP contribution in [0.2, 0.25) is 0 Å². The van der Waals surface area contributed by atoms with Gasteiger partial charge in [-0.3, -0.25) is 0 Å². The summed E-state index contributed by atoms with van der Waals surface area (Å²) in [5.41, 5.74) is 5.36. The van der Waals surface area contributed by atoms with Crippen molar-refractivity contribution in [1.82, 2.24) is 0 Å². The van der Waals surface area contributed by atoms with Gasteiger partial charge in [0, 0.05) is 0 Å². The first kappa shape index (κ1) is 26.6. The topological polar surface area (TPSA) is 0 Å². The van der Waals surface area contributed by atoms with E-state index in [0.717, 1.165) is 27.8 Å².